The first kappa shape index (κ1) is 39.8. The third-order valence-electron chi connectivity index (χ3n) is 12.3. The van der Waals surface area contributed by atoms with Gasteiger partial charge >= 0.3 is 0 Å². The molecule has 3 aromatic carbocycles. The highest BCUT2D eigenvalue weighted by molar-refractivity contribution is 5.88. The molecule has 0 spiro atoms. The lowest BCUT2D eigenvalue weighted by Crippen LogP contribution is -2.16. The quantitative estimate of drug-likeness (QED) is 0.143. The van der Waals surface area contributed by atoms with E-state index in [0.717, 1.165) is 48.8 Å². The van der Waals surface area contributed by atoms with E-state index in [9.17, 15) is 14.0 Å². The van der Waals surface area contributed by atoms with Crippen molar-refractivity contribution in [3.05, 3.63) is 182 Å². The summed E-state index contributed by atoms with van der Waals surface area (Å²) >= 11 is 0. The summed E-state index contributed by atoms with van der Waals surface area (Å²) in [5.74, 6) is 0.656. The number of aromatic nitrogens is 5. The van der Waals surface area contributed by atoms with Crippen molar-refractivity contribution >= 4 is 21.8 Å². The van der Waals surface area contributed by atoms with E-state index in [-0.39, 0.29) is 17.7 Å². The molecule has 10 heteroatoms. The van der Waals surface area contributed by atoms with Gasteiger partial charge in [0.15, 0.2) is 0 Å². The van der Waals surface area contributed by atoms with Crippen LogP contribution in [0.25, 0.3) is 33.2 Å². The molecule has 2 aliphatic carbocycles. The van der Waals surface area contributed by atoms with Crippen LogP contribution in [-0.2, 0) is 53.0 Å². The molecule has 0 fully saturated rings. The predicted octanol–water partition coefficient (Wildman–Crippen LogP) is 9.89. The van der Waals surface area contributed by atoms with Crippen molar-refractivity contribution in [1.29, 1.82) is 0 Å². The average molecular weight is 816 g/mol. The van der Waals surface area contributed by atoms with E-state index < -0.39 is 5.82 Å². The van der Waals surface area contributed by atoms with E-state index in [2.05, 4.69) is 58.5 Å². The van der Waals surface area contributed by atoms with Crippen LogP contribution in [0.1, 0.15) is 72.3 Å². The van der Waals surface area contributed by atoms with Gasteiger partial charge in [0.25, 0.3) is 11.1 Å². The molecular formula is C51H50FN5O4. The van der Waals surface area contributed by atoms with Gasteiger partial charge in [-0.2, -0.15) is 0 Å². The van der Waals surface area contributed by atoms with Crippen LogP contribution in [0.5, 0.6) is 11.5 Å². The number of rotatable bonds is 8. The first-order chi connectivity index (χ1) is 29.8. The smallest absolute Gasteiger partial charge is 0.258 e. The Kier molecular flexibility index (Phi) is 11.4. The van der Waals surface area contributed by atoms with Crippen molar-refractivity contribution in [3.63, 3.8) is 0 Å². The lowest BCUT2D eigenvalue weighted by molar-refractivity contribution is 0.300. The van der Waals surface area contributed by atoms with E-state index in [4.69, 9.17) is 9.47 Å². The summed E-state index contributed by atoms with van der Waals surface area (Å²) in [5.41, 5.74) is 11.4. The summed E-state index contributed by atoms with van der Waals surface area (Å²) in [6, 6.07) is 32.1. The van der Waals surface area contributed by atoms with Crippen LogP contribution in [-0.4, -0.2) is 23.3 Å². The van der Waals surface area contributed by atoms with Gasteiger partial charge in [-0.3, -0.25) is 23.7 Å². The lowest BCUT2D eigenvalue weighted by Gasteiger charge is -2.10. The standard InChI is InChI=1S/C26H26N2O2.C25H24FN3O2/c1-27-24-11-7-3-6-10-22(24)23-13-12-20(16-25(23)27)28-15-14-21(17-26(28)29)30-18-19-8-4-2-5-9-19;1-28-23-6-4-2-3-5-21(23)22-10-9-19(13-24(22)28)29-12-11-20(14-25(29)30)31-16-18-8-7-17(26)15-27-18/h2,4-5,8-9,12-17H,3,6-7,10-11,18H2,1H3;7-15H,2-6,16H2,1H3. The van der Waals surface area contributed by atoms with E-state index in [1.165, 1.54) is 95.0 Å². The van der Waals surface area contributed by atoms with Crippen LogP contribution in [0.2, 0.25) is 0 Å². The molecule has 0 saturated heterocycles. The molecule has 5 aromatic heterocycles. The fourth-order valence-corrected chi connectivity index (χ4v) is 9.07. The molecule has 310 valence electrons. The van der Waals surface area contributed by atoms with Gasteiger partial charge < -0.3 is 18.6 Å². The molecule has 0 saturated carbocycles. The van der Waals surface area contributed by atoms with Gasteiger partial charge in [-0.1, -0.05) is 55.3 Å². The van der Waals surface area contributed by atoms with Crippen molar-refractivity contribution in [3.8, 4) is 22.9 Å². The Labute approximate surface area is 354 Å². The number of pyridine rings is 3. The second-order valence-corrected chi connectivity index (χ2v) is 16.2. The van der Waals surface area contributed by atoms with E-state index in [1.807, 2.05) is 42.5 Å². The molecule has 0 unspecified atom stereocenters. The normalized spacial score (nSPS) is 13.8. The van der Waals surface area contributed by atoms with Crippen LogP contribution in [0, 0.1) is 5.82 Å². The topological polar surface area (TPSA) is 85.2 Å². The Morgan fingerprint density at radius 2 is 1.10 bits per heavy atom. The first-order valence-corrected chi connectivity index (χ1v) is 21.4. The molecule has 0 atom stereocenters. The zero-order valence-electron chi connectivity index (χ0n) is 34.8. The number of benzene rings is 3. The molecule has 0 bridgehead atoms. The van der Waals surface area contributed by atoms with Crippen molar-refractivity contribution in [2.45, 2.75) is 77.4 Å². The zero-order chi connectivity index (χ0) is 41.9. The summed E-state index contributed by atoms with van der Waals surface area (Å²) in [5, 5.41) is 2.62. The maximum absolute atomic E-state index is 13.0. The molecule has 0 aliphatic heterocycles. The number of aryl methyl sites for hydroxylation is 4. The Morgan fingerprint density at radius 3 is 1.61 bits per heavy atom. The summed E-state index contributed by atoms with van der Waals surface area (Å²) in [6.07, 6.45) is 16.8. The minimum atomic E-state index is -0.391. The van der Waals surface area contributed by atoms with Crippen molar-refractivity contribution in [1.82, 2.24) is 23.3 Å². The summed E-state index contributed by atoms with van der Waals surface area (Å²) in [4.78, 5) is 29.5. The number of hydrogen-bond acceptors (Lipinski definition) is 5. The van der Waals surface area contributed by atoms with E-state index in [1.54, 1.807) is 39.7 Å². The van der Waals surface area contributed by atoms with Gasteiger partial charge in [-0.15, -0.1) is 0 Å². The number of halogens is 1. The minimum absolute atomic E-state index is 0.0873. The Morgan fingerprint density at radius 1 is 0.574 bits per heavy atom. The van der Waals surface area contributed by atoms with Crippen LogP contribution in [0.4, 0.5) is 4.39 Å². The highest BCUT2D eigenvalue weighted by atomic mass is 19.1. The third-order valence-corrected chi connectivity index (χ3v) is 12.3. The highest BCUT2D eigenvalue weighted by Crippen LogP contribution is 2.33. The third kappa shape index (κ3) is 8.40. The Hall–Kier alpha value is -6.68. The maximum atomic E-state index is 13.0. The van der Waals surface area contributed by atoms with Gasteiger partial charge in [0, 0.05) is 60.8 Å². The number of hydrogen-bond donors (Lipinski definition) is 0. The van der Waals surface area contributed by atoms with Crippen LogP contribution >= 0.6 is 0 Å². The first-order valence-electron chi connectivity index (χ1n) is 21.4. The van der Waals surface area contributed by atoms with E-state index >= 15 is 0 Å². The molecule has 61 heavy (non-hydrogen) atoms. The summed E-state index contributed by atoms with van der Waals surface area (Å²) < 4.78 is 32.4. The fraction of sp³-hybridized carbons (Fsp3) is 0.275. The predicted molar refractivity (Wildman–Crippen MR) is 239 cm³/mol. The monoisotopic (exact) mass is 815 g/mol. The second-order valence-electron chi connectivity index (χ2n) is 16.2. The molecule has 2 aliphatic rings. The van der Waals surface area contributed by atoms with Crippen molar-refractivity contribution in [2.24, 2.45) is 14.1 Å². The number of fused-ring (bicyclic) bond motifs is 6. The number of ether oxygens (including phenoxy) is 2. The molecule has 0 radical (unpaired) electrons. The van der Waals surface area contributed by atoms with Crippen molar-refractivity contribution < 1.29 is 13.9 Å². The number of nitrogens with zero attached hydrogens (tertiary/aromatic N) is 5. The van der Waals surface area contributed by atoms with Gasteiger partial charge in [-0.25, -0.2) is 4.39 Å². The molecule has 9 nitrogen and oxygen atoms in total. The zero-order valence-corrected chi connectivity index (χ0v) is 34.8. The SMILES string of the molecule is Cn1c2c(c3ccc(-n4ccc(OCc5ccc(F)cn5)cc4=O)cc31)CCCCC2.Cn1c2c(c3ccc(-n4ccc(OCc5ccccc5)cc4=O)cc31)CCCCC2. The van der Waals surface area contributed by atoms with Gasteiger partial charge in [0.05, 0.1) is 34.3 Å². The molecule has 0 N–H and O–H groups in total. The molecule has 5 heterocycles. The molecule has 8 aromatic rings. The van der Waals surface area contributed by atoms with Crippen LogP contribution in [0.15, 0.2) is 131 Å². The molecule has 0 amide bonds. The molecule has 10 rings (SSSR count). The summed E-state index contributed by atoms with van der Waals surface area (Å²) in [6.45, 7) is 0.621. The Balaban J connectivity index is 0.000000156. The highest BCUT2D eigenvalue weighted by Gasteiger charge is 2.19. The Bertz CT molecular complexity index is 2960. The average Bonchev–Trinajstić information content (AvgIpc) is 3.47. The van der Waals surface area contributed by atoms with Gasteiger partial charge in [0.2, 0.25) is 0 Å². The summed E-state index contributed by atoms with van der Waals surface area (Å²) in [7, 11) is 4.28. The largest absolute Gasteiger partial charge is 0.489 e. The fourth-order valence-electron chi connectivity index (χ4n) is 9.07. The van der Waals surface area contributed by atoms with Crippen LogP contribution < -0.4 is 20.6 Å². The van der Waals surface area contributed by atoms with E-state index in [0.29, 0.717) is 23.8 Å². The maximum Gasteiger partial charge on any atom is 0.258 e. The van der Waals surface area contributed by atoms with Crippen LogP contribution in [0.3, 0.4) is 0 Å². The van der Waals surface area contributed by atoms with Crippen molar-refractivity contribution in [2.75, 3.05) is 0 Å². The van der Waals surface area contributed by atoms with Gasteiger partial charge in [-0.05, 0) is 117 Å². The lowest BCUT2D eigenvalue weighted by atomic mass is 10.1. The minimum Gasteiger partial charge on any atom is -0.489 e. The van der Waals surface area contributed by atoms with Gasteiger partial charge in [0.1, 0.15) is 30.5 Å². The second kappa shape index (κ2) is 17.5. The molecular weight excluding hydrogens is 766 g/mol.